The number of hydrogen-bond donors (Lipinski definition) is 1. The zero-order valence-corrected chi connectivity index (χ0v) is 33.9. The SMILES string of the molecule is CCCCCCCCCCCCCCCCC(C)[n+]1cc[nH]c1C(CCCCCCCCC)CCCCCCCCCCCCCCC. The molecule has 2 heteroatoms. The van der Waals surface area contributed by atoms with Gasteiger partial charge in [0, 0.05) is 0 Å². The number of hydrogen-bond acceptors (Lipinski definition) is 0. The maximum Gasteiger partial charge on any atom is 0.257 e. The van der Waals surface area contributed by atoms with Crippen LogP contribution in [0.4, 0.5) is 0 Å². The van der Waals surface area contributed by atoms with E-state index in [4.69, 9.17) is 0 Å². The number of aromatic nitrogens is 2. The van der Waals surface area contributed by atoms with Crippen LogP contribution in [0.5, 0.6) is 0 Å². The van der Waals surface area contributed by atoms with E-state index in [1.54, 1.807) is 0 Å². The number of rotatable bonds is 39. The van der Waals surface area contributed by atoms with Gasteiger partial charge in [0.2, 0.25) is 0 Å². The first-order chi connectivity index (χ1) is 23.7. The van der Waals surface area contributed by atoms with E-state index in [0.29, 0.717) is 12.0 Å². The van der Waals surface area contributed by atoms with Gasteiger partial charge in [-0.05, 0) is 32.6 Å². The van der Waals surface area contributed by atoms with Crippen LogP contribution < -0.4 is 4.57 Å². The molecule has 0 spiro atoms. The van der Waals surface area contributed by atoms with E-state index in [2.05, 4.69) is 49.6 Å². The van der Waals surface area contributed by atoms with Crippen LogP contribution in [-0.4, -0.2) is 4.98 Å². The van der Waals surface area contributed by atoms with Crippen LogP contribution in [0.3, 0.4) is 0 Å². The third-order valence-electron chi connectivity index (χ3n) is 11.4. The maximum atomic E-state index is 3.77. The Morgan fingerprint density at radius 2 is 0.667 bits per heavy atom. The van der Waals surface area contributed by atoms with Gasteiger partial charge in [-0.25, -0.2) is 9.55 Å². The summed E-state index contributed by atoms with van der Waals surface area (Å²) in [5.74, 6) is 2.25. The number of unbranched alkanes of at least 4 members (excludes halogenated alkanes) is 31. The van der Waals surface area contributed by atoms with Crippen molar-refractivity contribution in [1.29, 1.82) is 0 Å². The molecule has 2 nitrogen and oxygen atoms in total. The van der Waals surface area contributed by atoms with Gasteiger partial charge >= 0.3 is 0 Å². The molecule has 0 fully saturated rings. The van der Waals surface area contributed by atoms with Crippen LogP contribution in [-0.2, 0) is 0 Å². The summed E-state index contributed by atoms with van der Waals surface area (Å²) in [4.78, 5) is 3.77. The molecule has 2 unspecified atom stereocenters. The van der Waals surface area contributed by atoms with Crippen molar-refractivity contribution in [3.8, 4) is 0 Å². The van der Waals surface area contributed by atoms with Crippen LogP contribution in [0.2, 0.25) is 0 Å². The Balaban J connectivity index is 2.32. The first-order valence-corrected chi connectivity index (χ1v) is 22.8. The third kappa shape index (κ3) is 27.0. The molecule has 2 atom stereocenters. The summed E-state index contributed by atoms with van der Waals surface area (Å²) in [5.41, 5.74) is 0. The van der Waals surface area contributed by atoms with E-state index in [9.17, 15) is 0 Å². The van der Waals surface area contributed by atoms with Crippen molar-refractivity contribution in [1.82, 2.24) is 4.98 Å². The lowest BCUT2D eigenvalue weighted by atomic mass is 9.92. The zero-order valence-electron chi connectivity index (χ0n) is 33.9. The molecular weight excluding hydrogens is 581 g/mol. The van der Waals surface area contributed by atoms with Gasteiger partial charge in [0.15, 0.2) is 0 Å². The molecule has 0 radical (unpaired) electrons. The largest absolute Gasteiger partial charge is 0.257 e. The second-order valence-electron chi connectivity index (χ2n) is 16.1. The second-order valence-corrected chi connectivity index (χ2v) is 16.1. The predicted octanol–water partition coefficient (Wildman–Crippen LogP) is 16.4. The molecule has 0 bridgehead atoms. The fourth-order valence-electron chi connectivity index (χ4n) is 8.02. The highest BCUT2D eigenvalue weighted by atomic mass is 15.1. The molecular formula is C46H91N2+. The van der Waals surface area contributed by atoms with Crippen LogP contribution in [0, 0.1) is 0 Å². The fraction of sp³-hybridized carbons (Fsp3) is 0.935. The lowest BCUT2D eigenvalue weighted by Gasteiger charge is -2.17. The molecule has 1 N–H and O–H groups in total. The normalized spacial score (nSPS) is 13.0. The van der Waals surface area contributed by atoms with E-state index >= 15 is 0 Å². The van der Waals surface area contributed by atoms with Crippen molar-refractivity contribution < 1.29 is 4.57 Å². The highest BCUT2D eigenvalue weighted by molar-refractivity contribution is 4.90. The summed E-state index contributed by atoms with van der Waals surface area (Å²) < 4.78 is 2.65. The smallest absolute Gasteiger partial charge is 0.247 e. The van der Waals surface area contributed by atoms with Crippen molar-refractivity contribution in [3.05, 3.63) is 18.2 Å². The Morgan fingerprint density at radius 1 is 0.396 bits per heavy atom. The summed E-state index contributed by atoms with van der Waals surface area (Å²) in [6.07, 6.45) is 57.6. The number of nitrogens with zero attached hydrogens (tertiary/aromatic N) is 1. The molecule has 1 aromatic heterocycles. The summed E-state index contributed by atoms with van der Waals surface area (Å²) in [7, 11) is 0. The summed E-state index contributed by atoms with van der Waals surface area (Å²) in [5, 5.41) is 0. The Hall–Kier alpha value is -0.790. The molecule has 0 aliphatic rings. The van der Waals surface area contributed by atoms with Gasteiger partial charge in [0.25, 0.3) is 5.82 Å². The first kappa shape index (κ1) is 45.2. The van der Waals surface area contributed by atoms with Gasteiger partial charge in [0.05, 0.1) is 12.0 Å². The quantitative estimate of drug-likeness (QED) is 0.0531. The number of nitrogens with one attached hydrogen (secondary N) is 1. The highest BCUT2D eigenvalue weighted by Crippen LogP contribution is 2.27. The Bertz CT molecular complexity index is 738. The molecule has 1 rings (SSSR count). The predicted molar refractivity (Wildman–Crippen MR) is 216 cm³/mol. The lowest BCUT2D eigenvalue weighted by Crippen LogP contribution is -2.41. The van der Waals surface area contributed by atoms with Crippen LogP contribution in [0.15, 0.2) is 12.4 Å². The Morgan fingerprint density at radius 3 is 0.979 bits per heavy atom. The van der Waals surface area contributed by atoms with Gasteiger partial charge in [0.1, 0.15) is 12.4 Å². The maximum absolute atomic E-state index is 3.77. The highest BCUT2D eigenvalue weighted by Gasteiger charge is 2.25. The number of aromatic amines is 1. The van der Waals surface area contributed by atoms with E-state index in [1.165, 1.54) is 243 Å². The van der Waals surface area contributed by atoms with Gasteiger partial charge < -0.3 is 0 Å². The first-order valence-electron chi connectivity index (χ1n) is 22.8. The van der Waals surface area contributed by atoms with Crippen LogP contribution in [0.25, 0.3) is 0 Å². The molecule has 0 aliphatic heterocycles. The molecule has 0 amide bonds. The van der Waals surface area contributed by atoms with Crippen LogP contribution >= 0.6 is 0 Å². The Kier molecular flexibility index (Phi) is 33.9. The average molecular weight is 672 g/mol. The van der Waals surface area contributed by atoms with E-state index in [1.807, 2.05) is 0 Å². The minimum Gasteiger partial charge on any atom is -0.247 e. The fourth-order valence-corrected chi connectivity index (χ4v) is 8.02. The standard InChI is InChI=1S/C46H90N2/c1-5-8-11-14-17-19-21-23-25-26-28-31-33-36-39-44(4)48-43-42-47-46(48)45(40-37-34-30-16-13-10-7-3)41-38-35-32-29-27-24-22-20-18-15-12-9-6-2/h42-45H,5-41H2,1-4H3/p+1. The third-order valence-corrected chi connectivity index (χ3v) is 11.4. The summed E-state index contributed by atoms with van der Waals surface area (Å²) in [6, 6.07) is 0.617. The minimum atomic E-state index is 0.617. The monoisotopic (exact) mass is 672 g/mol. The minimum absolute atomic E-state index is 0.617. The number of imidazole rings is 1. The Labute approximate surface area is 304 Å². The zero-order chi connectivity index (χ0) is 34.6. The van der Waals surface area contributed by atoms with Crippen molar-refractivity contribution in [2.24, 2.45) is 0 Å². The molecule has 284 valence electrons. The topological polar surface area (TPSA) is 19.7 Å². The number of H-pyrrole nitrogens is 1. The molecule has 1 aromatic rings. The lowest BCUT2D eigenvalue weighted by molar-refractivity contribution is -0.727. The van der Waals surface area contributed by atoms with Crippen LogP contribution in [0.1, 0.15) is 283 Å². The van der Waals surface area contributed by atoms with Crippen molar-refractivity contribution >= 4 is 0 Å². The van der Waals surface area contributed by atoms with E-state index in [-0.39, 0.29) is 0 Å². The molecule has 0 saturated carbocycles. The summed E-state index contributed by atoms with van der Waals surface area (Å²) in [6.45, 7) is 9.44. The van der Waals surface area contributed by atoms with Gasteiger partial charge in [-0.1, -0.05) is 233 Å². The second kappa shape index (κ2) is 36.0. The summed E-state index contributed by atoms with van der Waals surface area (Å²) >= 11 is 0. The molecule has 48 heavy (non-hydrogen) atoms. The van der Waals surface area contributed by atoms with Crippen molar-refractivity contribution in [2.45, 2.75) is 277 Å². The van der Waals surface area contributed by atoms with E-state index < -0.39 is 0 Å². The molecule has 1 heterocycles. The van der Waals surface area contributed by atoms with Gasteiger partial charge in [-0.15, -0.1) is 0 Å². The van der Waals surface area contributed by atoms with E-state index in [0.717, 1.165) is 0 Å². The van der Waals surface area contributed by atoms with Gasteiger partial charge in [-0.3, -0.25) is 0 Å². The molecule has 0 aromatic carbocycles. The average Bonchev–Trinajstić information content (AvgIpc) is 3.59. The molecule has 0 aliphatic carbocycles. The molecule has 0 saturated heterocycles. The van der Waals surface area contributed by atoms with Crippen molar-refractivity contribution in [3.63, 3.8) is 0 Å². The van der Waals surface area contributed by atoms with Gasteiger partial charge in [-0.2, -0.15) is 0 Å². The van der Waals surface area contributed by atoms with Crippen molar-refractivity contribution in [2.75, 3.05) is 0 Å².